The highest BCUT2D eigenvalue weighted by Crippen LogP contribution is 2.12. The average Bonchev–Trinajstić information content (AvgIpc) is 1.91. The predicted octanol–water partition coefficient (Wildman–Crippen LogP) is 3.07. The molecule has 1 rings (SSSR count). The fourth-order valence-corrected chi connectivity index (χ4v) is 1.44. The Kier molecular flexibility index (Phi) is 5.96. The molecule has 0 aliphatic carbocycles. The summed E-state index contributed by atoms with van der Waals surface area (Å²) in [5.74, 6) is 0. The van der Waals surface area contributed by atoms with Crippen LogP contribution in [0.1, 0.15) is 5.56 Å². The maximum absolute atomic E-state index is 2.23. The molecule has 0 radical (unpaired) electrons. The van der Waals surface area contributed by atoms with Crippen molar-refractivity contribution in [2.24, 2.45) is 0 Å². The molecule has 0 aromatic heterocycles. The van der Waals surface area contributed by atoms with Crippen LogP contribution in [0.5, 0.6) is 0 Å². The van der Waals surface area contributed by atoms with Crippen LogP contribution in [0.3, 0.4) is 0 Å². The molecule has 0 fully saturated rings. The first-order valence-electron chi connectivity index (χ1n) is 3.12. The minimum absolute atomic E-state index is 0. The van der Waals surface area contributed by atoms with Crippen molar-refractivity contribution < 1.29 is 0 Å². The van der Waals surface area contributed by atoms with E-state index in [2.05, 4.69) is 37.0 Å². The fraction of sp³-hybridized carbons (Fsp3) is 0.250. The summed E-state index contributed by atoms with van der Waals surface area (Å²) in [5, 5.41) is 0. The molecular formula is C8H12BrP. The van der Waals surface area contributed by atoms with Crippen molar-refractivity contribution in [3.63, 3.8) is 0 Å². The normalized spacial score (nSPS) is 9.70. The maximum Gasteiger partial charge on any atom is -0.0103 e. The summed E-state index contributed by atoms with van der Waals surface area (Å²) in [6, 6.07) is 10.6. The van der Waals surface area contributed by atoms with Crippen LogP contribution in [0.4, 0.5) is 0 Å². The summed E-state index contributed by atoms with van der Waals surface area (Å²) >= 11 is 0. The highest BCUT2D eigenvalue weighted by Gasteiger charge is 1.84. The fourth-order valence-electron chi connectivity index (χ4n) is 0.800. The molecule has 10 heavy (non-hydrogen) atoms. The smallest absolute Gasteiger partial charge is 0.0103 e. The number of benzene rings is 1. The van der Waals surface area contributed by atoms with Crippen LogP contribution in [-0.2, 0) is 6.16 Å². The summed E-state index contributed by atoms with van der Waals surface area (Å²) in [5.41, 5.74) is 1.46. The van der Waals surface area contributed by atoms with E-state index in [-0.39, 0.29) is 17.0 Å². The molecule has 0 aliphatic rings. The second-order valence-corrected chi connectivity index (χ2v) is 3.08. The topological polar surface area (TPSA) is 0 Å². The molecule has 0 aliphatic heterocycles. The van der Waals surface area contributed by atoms with Gasteiger partial charge in [0.2, 0.25) is 0 Å². The van der Waals surface area contributed by atoms with Gasteiger partial charge in [-0.1, -0.05) is 30.3 Å². The molecule has 0 amide bonds. The number of hydrogen-bond acceptors (Lipinski definition) is 0. The summed E-state index contributed by atoms with van der Waals surface area (Å²) in [6.07, 6.45) is 1.24. The summed E-state index contributed by atoms with van der Waals surface area (Å²) in [7, 11) is 1.04. The van der Waals surface area contributed by atoms with Gasteiger partial charge in [0.1, 0.15) is 0 Å². The Balaban J connectivity index is 0.000000810. The first-order valence-corrected chi connectivity index (χ1v) is 4.82. The van der Waals surface area contributed by atoms with Gasteiger partial charge in [0.05, 0.1) is 0 Å². The Hall–Kier alpha value is 0.130. The van der Waals surface area contributed by atoms with Gasteiger partial charge in [-0.2, -0.15) is 0 Å². The lowest BCUT2D eigenvalue weighted by Crippen LogP contribution is -1.73. The lowest BCUT2D eigenvalue weighted by molar-refractivity contribution is 1.41. The molecule has 56 valence electrons. The molecule has 1 unspecified atom stereocenters. The first-order chi connectivity index (χ1) is 4.43. The van der Waals surface area contributed by atoms with Crippen LogP contribution >= 0.6 is 25.6 Å². The average molecular weight is 219 g/mol. The summed E-state index contributed by atoms with van der Waals surface area (Å²) in [4.78, 5) is 0. The molecule has 0 spiro atoms. The number of hydrogen-bond donors (Lipinski definition) is 0. The number of halogens is 1. The molecule has 0 N–H and O–H groups in total. The standard InChI is InChI=1S/C8H11P.BrH/c1-9-7-8-5-3-2-4-6-8;/h2-6,9H,7H2,1H3;1H. The van der Waals surface area contributed by atoms with E-state index >= 15 is 0 Å². The van der Waals surface area contributed by atoms with Crippen LogP contribution in [-0.4, -0.2) is 6.66 Å². The Morgan fingerprint density at radius 1 is 1.20 bits per heavy atom. The van der Waals surface area contributed by atoms with E-state index in [1.54, 1.807) is 0 Å². The van der Waals surface area contributed by atoms with E-state index in [0.717, 1.165) is 8.58 Å². The first kappa shape index (κ1) is 10.1. The van der Waals surface area contributed by atoms with E-state index < -0.39 is 0 Å². The van der Waals surface area contributed by atoms with Crippen molar-refractivity contribution in [3.8, 4) is 0 Å². The quantitative estimate of drug-likeness (QED) is 0.670. The molecule has 1 atom stereocenters. The van der Waals surface area contributed by atoms with E-state index in [1.165, 1.54) is 11.7 Å². The zero-order valence-electron chi connectivity index (χ0n) is 6.00. The molecule has 0 saturated carbocycles. The summed E-state index contributed by atoms with van der Waals surface area (Å²) in [6.45, 7) is 2.23. The molecule has 0 bridgehead atoms. The third-order valence-corrected chi connectivity index (χ3v) is 1.99. The molecule has 0 heterocycles. The highest BCUT2D eigenvalue weighted by molar-refractivity contribution is 8.93. The van der Waals surface area contributed by atoms with E-state index in [4.69, 9.17) is 0 Å². The molecule has 1 aromatic carbocycles. The van der Waals surface area contributed by atoms with Crippen LogP contribution in [0, 0.1) is 0 Å². The van der Waals surface area contributed by atoms with Gasteiger partial charge in [-0.3, -0.25) is 0 Å². The van der Waals surface area contributed by atoms with E-state index in [9.17, 15) is 0 Å². The molecule has 1 aromatic rings. The van der Waals surface area contributed by atoms with Gasteiger partial charge in [0.25, 0.3) is 0 Å². The van der Waals surface area contributed by atoms with Crippen LogP contribution in [0.25, 0.3) is 0 Å². The van der Waals surface area contributed by atoms with Gasteiger partial charge < -0.3 is 0 Å². The van der Waals surface area contributed by atoms with Crippen molar-refractivity contribution in [1.29, 1.82) is 0 Å². The molecular weight excluding hydrogens is 207 g/mol. The van der Waals surface area contributed by atoms with Gasteiger partial charge in [-0.25, -0.2) is 0 Å². The zero-order valence-corrected chi connectivity index (χ0v) is 8.72. The Labute approximate surface area is 74.6 Å². The maximum atomic E-state index is 2.23. The summed E-state index contributed by atoms with van der Waals surface area (Å²) < 4.78 is 0. The van der Waals surface area contributed by atoms with Gasteiger partial charge in [0, 0.05) is 0 Å². The zero-order chi connectivity index (χ0) is 6.53. The lowest BCUT2D eigenvalue weighted by atomic mass is 10.2. The minimum atomic E-state index is 0. The van der Waals surface area contributed by atoms with E-state index in [1.807, 2.05) is 0 Å². The Bertz CT molecular complexity index is 162. The number of rotatable bonds is 2. The Morgan fingerprint density at radius 2 is 1.80 bits per heavy atom. The molecule has 2 heteroatoms. The second-order valence-electron chi connectivity index (χ2n) is 2.02. The van der Waals surface area contributed by atoms with Gasteiger partial charge >= 0.3 is 0 Å². The second kappa shape index (κ2) is 5.88. The molecule has 0 saturated heterocycles. The van der Waals surface area contributed by atoms with Crippen molar-refractivity contribution in [2.45, 2.75) is 6.16 Å². The van der Waals surface area contributed by atoms with Crippen molar-refractivity contribution in [1.82, 2.24) is 0 Å². The van der Waals surface area contributed by atoms with Gasteiger partial charge in [-0.05, 0) is 18.4 Å². The van der Waals surface area contributed by atoms with E-state index in [0.29, 0.717) is 0 Å². The monoisotopic (exact) mass is 218 g/mol. The van der Waals surface area contributed by atoms with Crippen molar-refractivity contribution in [3.05, 3.63) is 35.9 Å². The van der Waals surface area contributed by atoms with Gasteiger partial charge in [0.15, 0.2) is 0 Å². The third kappa shape index (κ3) is 3.34. The van der Waals surface area contributed by atoms with Crippen LogP contribution in [0.15, 0.2) is 30.3 Å². The Morgan fingerprint density at radius 3 is 2.30 bits per heavy atom. The van der Waals surface area contributed by atoms with Crippen LogP contribution in [0.2, 0.25) is 0 Å². The molecule has 0 nitrogen and oxygen atoms in total. The largest absolute Gasteiger partial charge is 0.121 e. The third-order valence-electron chi connectivity index (χ3n) is 1.22. The highest BCUT2D eigenvalue weighted by atomic mass is 79.9. The minimum Gasteiger partial charge on any atom is -0.121 e. The lowest BCUT2D eigenvalue weighted by Gasteiger charge is -1.94. The van der Waals surface area contributed by atoms with Crippen molar-refractivity contribution in [2.75, 3.05) is 6.66 Å². The van der Waals surface area contributed by atoms with Crippen LogP contribution < -0.4 is 0 Å². The predicted molar refractivity (Wildman–Crippen MR) is 54.7 cm³/mol. The SMILES string of the molecule is Br.CPCc1ccccc1. The van der Waals surface area contributed by atoms with Crippen molar-refractivity contribution >= 4 is 25.6 Å². The van der Waals surface area contributed by atoms with Gasteiger partial charge in [-0.15, -0.1) is 25.6 Å².